The Hall–Kier alpha value is -1.10. The van der Waals surface area contributed by atoms with Crippen LogP contribution in [0.3, 0.4) is 0 Å². The van der Waals surface area contributed by atoms with Gasteiger partial charge in [-0.25, -0.2) is 0 Å². The molecule has 4 N–H and O–H groups in total. The molecule has 0 aromatic carbocycles. The Bertz CT molecular complexity index is 247. The molecule has 0 aromatic heterocycles. The highest BCUT2D eigenvalue weighted by Crippen LogP contribution is 2.28. The van der Waals surface area contributed by atoms with Crippen molar-refractivity contribution in [1.82, 2.24) is 5.32 Å². The third-order valence-electron chi connectivity index (χ3n) is 2.95. The molecular formula is C10H18N2O3. The molecule has 0 aromatic rings. The molecule has 86 valence electrons. The Morgan fingerprint density at radius 1 is 1.27 bits per heavy atom. The topological polar surface area (TPSA) is 92.4 Å². The van der Waals surface area contributed by atoms with Crippen LogP contribution in [-0.2, 0) is 9.59 Å². The molecular weight excluding hydrogens is 196 g/mol. The molecule has 5 heteroatoms. The van der Waals surface area contributed by atoms with Gasteiger partial charge in [0.1, 0.15) is 5.54 Å². The molecule has 0 unspecified atom stereocenters. The number of carboxylic acids is 1. The first-order valence-electron chi connectivity index (χ1n) is 5.33. The molecule has 1 aliphatic carbocycles. The van der Waals surface area contributed by atoms with Crippen LogP contribution in [0.2, 0.25) is 0 Å². The van der Waals surface area contributed by atoms with Crippen molar-refractivity contribution >= 4 is 11.9 Å². The van der Waals surface area contributed by atoms with Crippen molar-refractivity contribution in [2.24, 2.45) is 5.73 Å². The fraction of sp³-hybridized carbons (Fsp3) is 0.800. The smallest absolute Gasteiger partial charge is 0.323 e. The van der Waals surface area contributed by atoms with Crippen molar-refractivity contribution in [1.29, 1.82) is 0 Å². The number of hydrogen-bond acceptors (Lipinski definition) is 3. The number of amides is 1. The van der Waals surface area contributed by atoms with E-state index in [2.05, 4.69) is 5.32 Å². The van der Waals surface area contributed by atoms with Crippen LogP contribution in [0.5, 0.6) is 0 Å². The van der Waals surface area contributed by atoms with Gasteiger partial charge in [-0.05, 0) is 12.8 Å². The molecule has 0 heterocycles. The van der Waals surface area contributed by atoms with Crippen molar-refractivity contribution in [2.45, 2.75) is 44.1 Å². The van der Waals surface area contributed by atoms with Crippen molar-refractivity contribution in [2.75, 3.05) is 6.54 Å². The minimum atomic E-state index is -0.826. The number of carboxylic acid groups (broad SMARTS) is 1. The van der Waals surface area contributed by atoms with Crippen LogP contribution in [0.25, 0.3) is 0 Å². The zero-order valence-corrected chi connectivity index (χ0v) is 8.79. The molecule has 0 aliphatic heterocycles. The number of aliphatic carboxylic acids is 1. The lowest BCUT2D eigenvalue weighted by molar-refractivity contribution is -0.146. The van der Waals surface area contributed by atoms with Gasteiger partial charge in [0.2, 0.25) is 5.91 Å². The van der Waals surface area contributed by atoms with Crippen LogP contribution in [0.4, 0.5) is 0 Å². The lowest BCUT2D eigenvalue weighted by atomic mass is 9.81. The summed E-state index contributed by atoms with van der Waals surface area (Å²) in [6, 6.07) is 0. The zero-order chi connectivity index (χ0) is 11.3. The summed E-state index contributed by atoms with van der Waals surface area (Å²) in [6.07, 6.45) is 4.41. The minimum Gasteiger partial charge on any atom is -0.480 e. The Kier molecular flexibility index (Phi) is 4.08. The van der Waals surface area contributed by atoms with Crippen LogP contribution in [0.1, 0.15) is 38.5 Å². The number of nitrogens with two attached hydrogens (primary N) is 1. The van der Waals surface area contributed by atoms with Gasteiger partial charge in [0.15, 0.2) is 0 Å². The largest absolute Gasteiger partial charge is 0.480 e. The maximum Gasteiger partial charge on any atom is 0.323 e. The Labute approximate surface area is 89.0 Å². The molecule has 1 aliphatic rings. The molecule has 1 fully saturated rings. The van der Waals surface area contributed by atoms with Crippen LogP contribution in [0.15, 0.2) is 0 Å². The molecule has 1 rings (SSSR count). The van der Waals surface area contributed by atoms with Crippen molar-refractivity contribution in [3.8, 4) is 0 Å². The monoisotopic (exact) mass is 214 g/mol. The van der Waals surface area contributed by atoms with E-state index < -0.39 is 17.4 Å². The first kappa shape index (κ1) is 12.0. The third kappa shape index (κ3) is 3.20. The van der Waals surface area contributed by atoms with Crippen LogP contribution >= 0.6 is 0 Å². The fourth-order valence-electron chi connectivity index (χ4n) is 2.05. The van der Waals surface area contributed by atoms with E-state index in [-0.39, 0.29) is 6.42 Å². The van der Waals surface area contributed by atoms with Gasteiger partial charge in [0, 0.05) is 13.0 Å². The van der Waals surface area contributed by atoms with Gasteiger partial charge in [-0.3, -0.25) is 9.59 Å². The van der Waals surface area contributed by atoms with Crippen molar-refractivity contribution in [3.63, 3.8) is 0 Å². The third-order valence-corrected chi connectivity index (χ3v) is 2.95. The molecule has 1 amide bonds. The summed E-state index contributed by atoms with van der Waals surface area (Å²) in [5.74, 6) is -1.22. The van der Waals surface area contributed by atoms with Crippen molar-refractivity contribution < 1.29 is 14.7 Å². The summed E-state index contributed by atoms with van der Waals surface area (Å²) in [5.41, 5.74) is 4.18. The number of rotatable bonds is 5. The van der Waals surface area contributed by atoms with Gasteiger partial charge in [0.05, 0.1) is 0 Å². The lowest BCUT2D eigenvalue weighted by Gasteiger charge is -2.34. The van der Waals surface area contributed by atoms with E-state index in [1.165, 1.54) is 0 Å². The molecule has 0 spiro atoms. The highest BCUT2D eigenvalue weighted by atomic mass is 16.4. The van der Waals surface area contributed by atoms with Gasteiger partial charge in [-0.2, -0.15) is 0 Å². The summed E-state index contributed by atoms with van der Waals surface area (Å²) in [6.45, 7) is 0.349. The van der Waals surface area contributed by atoms with Gasteiger partial charge in [0.25, 0.3) is 0 Å². The maximum atomic E-state index is 11.2. The molecule has 0 radical (unpaired) electrons. The second-order valence-electron chi connectivity index (χ2n) is 4.09. The van der Waals surface area contributed by atoms with Gasteiger partial charge < -0.3 is 16.2 Å². The molecule has 15 heavy (non-hydrogen) atoms. The van der Waals surface area contributed by atoms with E-state index in [9.17, 15) is 14.7 Å². The standard InChI is InChI=1S/C10H18N2O3/c11-8(13)4-7-12-10(9(14)15)5-2-1-3-6-10/h12H,1-7H2,(H2,11,13)(H,14,15). The van der Waals surface area contributed by atoms with Gasteiger partial charge in [-0.1, -0.05) is 19.3 Å². The number of nitrogens with one attached hydrogen (secondary N) is 1. The van der Waals surface area contributed by atoms with E-state index >= 15 is 0 Å². The minimum absolute atomic E-state index is 0.190. The second-order valence-corrected chi connectivity index (χ2v) is 4.09. The van der Waals surface area contributed by atoms with E-state index in [1.807, 2.05) is 0 Å². The van der Waals surface area contributed by atoms with Gasteiger partial charge in [-0.15, -0.1) is 0 Å². The van der Waals surface area contributed by atoms with E-state index in [1.54, 1.807) is 0 Å². The number of carbonyl (C=O) groups excluding carboxylic acids is 1. The average Bonchev–Trinajstić information content (AvgIpc) is 2.18. The van der Waals surface area contributed by atoms with Crippen molar-refractivity contribution in [3.05, 3.63) is 0 Å². The van der Waals surface area contributed by atoms with E-state index in [4.69, 9.17) is 5.73 Å². The summed E-state index contributed by atoms with van der Waals surface area (Å²) in [7, 11) is 0. The van der Waals surface area contributed by atoms with Crippen LogP contribution in [0, 0.1) is 0 Å². The van der Waals surface area contributed by atoms with E-state index in [0.717, 1.165) is 19.3 Å². The van der Waals surface area contributed by atoms with Crippen LogP contribution in [-0.4, -0.2) is 29.1 Å². The molecule has 0 atom stereocenters. The number of primary amides is 1. The summed E-state index contributed by atoms with van der Waals surface area (Å²) in [5, 5.41) is 12.1. The predicted octanol–water partition coefficient (Wildman–Crippen LogP) is 0.239. The zero-order valence-electron chi connectivity index (χ0n) is 8.79. The predicted molar refractivity (Wildman–Crippen MR) is 55.3 cm³/mol. The quantitative estimate of drug-likeness (QED) is 0.611. The highest BCUT2D eigenvalue weighted by Gasteiger charge is 2.38. The summed E-state index contributed by atoms with van der Waals surface area (Å²) in [4.78, 5) is 21.7. The van der Waals surface area contributed by atoms with Gasteiger partial charge >= 0.3 is 5.97 Å². The second kappa shape index (κ2) is 5.11. The number of carbonyl (C=O) groups is 2. The average molecular weight is 214 g/mol. The number of hydrogen-bond donors (Lipinski definition) is 3. The fourth-order valence-corrected chi connectivity index (χ4v) is 2.05. The van der Waals surface area contributed by atoms with Crippen LogP contribution < -0.4 is 11.1 Å². The molecule has 0 saturated heterocycles. The first-order chi connectivity index (χ1) is 7.07. The molecule has 1 saturated carbocycles. The Balaban J connectivity index is 2.49. The lowest BCUT2D eigenvalue weighted by Crippen LogP contribution is -2.53. The Morgan fingerprint density at radius 3 is 2.33 bits per heavy atom. The summed E-state index contributed by atoms with van der Waals surface area (Å²) >= 11 is 0. The summed E-state index contributed by atoms with van der Waals surface area (Å²) < 4.78 is 0. The Morgan fingerprint density at radius 2 is 1.87 bits per heavy atom. The van der Waals surface area contributed by atoms with E-state index in [0.29, 0.717) is 19.4 Å². The first-order valence-corrected chi connectivity index (χ1v) is 5.33. The SMILES string of the molecule is NC(=O)CCNC1(C(=O)O)CCCCC1. The maximum absolute atomic E-state index is 11.2. The highest BCUT2D eigenvalue weighted by molar-refractivity contribution is 5.79. The normalized spacial score (nSPS) is 19.7. The molecule has 5 nitrogen and oxygen atoms in total. The molecule has 0 bridgehead atoms.